The van der Waals surface area contributed by atoms with Crippen LogP contribution in [0, 0.1) is 45.3 Å². The van der Waals surface area contributed by atoms with Gasteiger partial charge in [0.2, 0.25) is 0 Å². The average molecular weight is 314 g/mol. The Hall–Kier alpha value is -0.990. The van der Waals surface area contributed by atoms with Gasteiger partial charge in [-0.25, -0.2) is 0 Å². The van der Waals surface area contributed by atoms with Gasteiger partial charge >= 0.3 is 0 Å². The molecular weight excluding hydrogens is 288 g/mol. The van der Waals surface area contributed by atoms with Crippen molar-refractivity contribution in [3.63, 3.8) is 0 Å². The Balaban J connectivity index is 1.65. The predicted octanol–water partition coefficient (Wildman–Crippen LogP) is 3.20. The summed E-state index contributed by atoms with van der Waals surface area (Å²) in [5, 5.41) is 0. The second-order valence-electron chi connectivity index (χ2n) is 10.1. The molecule has 0 N–H and O–H groups in total. The molecule has 7 atom stereocenters. The van der Waals surface area contributed by atoms with Gasteiger partial charge < -0.3 is 0 Å². The fourth-order valence-corrected chi connectivity index (χ4v) is 8.02. The molecule has 3 nitrogen and oxygen atoms in total. The molecule has 0 aromatic rings. The molecule has 4 bridgehead atoms. The number of hydrogen-bond donors (Lipinski definition) is 0. The Morgan fingerprint density at radius 2 is 1.65 bits per heavy atom. The van der Waals surface area contributed by atoms with Crippen molar-refractivity contribution < 1.29 is 14.4 Å². The smallest absolute Gasteiger partial charge is 0.153 e. The van der Waals surface area contributed by atoms with Crippen molar-refractivity contribution in [1.82, 2.24) is 0 Å². The van der Waals surface area contributed by atoms with E-state index < -0.39 is 5.41 Å². The highest BCUT2D eigenvalue weighted by molar-refractivity contribution is 6.22. The molecule has 6 saturated carbocycles. The van der Waals surface area contributed by atoms with E-state index in [1.165, 1.54) is 0 Å². The summed E-state index contributed by atoms with van der Waals surface area (Å²) in [4.78, 5) is 38.9. The van der Waals surface area contributed by atoms with E-state index in [-0.39, 0.29) is 39.6 Å². The third-order valence-corrected chi connectivity index (χ3v) is 9.31. The van der Waals surface area contributed by atoms with E-state index in [2.05, 4.69) is 20.8 Å². The molecule has 6 rings (SSSR count). The summed E-state index contributed by atoms with van der Waals surface area (Å²) >= 11 is 0. The number of Topliss-reactive ketones (excluding diaryl/α,β-unsaturated/α-hetero) is 3. The van der Waals surface area contributed by atoms with Crippen LogP contribution in [-0.4, -0.2) is 17.3 Å². The SMILES string of the molecule is CC1(C)C(=O)CC[C@@]2(C)[C@H]1CC[C@]13C(=O)C4[C@H](C[C@@H]12)[C@]4(C)C3=O. The van der Waals surface area contributed by atoms with E-state index in [0.717, 1.165) is 19.3 Å². The second-order valence-corrected chi connectivity index (χ2v) is 10.1. The molecule has 0 aliphatic heterocycles. The fraction of sp³-hybridized carbons (Fsp3) is 0.850. The standard InChI is InChI=1S/C20H26O3/c1-17(2)11-5-8-20-12(18(11,3)7-6-13(17)21)9-10-14(15(20)22)19(10,4)16(20)23/h10-12,14H,5-9H2,1-4H3/t10-,11-,12+,14?,18-,19-,20+/m0/s1. The summed E-state index contributed by atoms with van der Waals surface area (Å²) in [5.41, 5.74) is -1.35. The summed E-state index contributed by atoms with van der Waals surface area (Å²) in [6.07, 6.45) is 4.07. The van der Waals surface area contributed by atoms with Crippen molar-refractivity contribution in [2.24, 2.45) is 45.3 Å². The Labute approximate surface area is 137 Å². The van der Waals surface area contributed by atoms with Crippen LogP contribution in [0.5, 0.6) is 0 Å². The maximum atomic E-state index is 13.3. The predicted molar refractivity (Wildman–Crippen MR) is 84.5 cm³/mol. The highest BCUT2D eigenvalue weighted by atomic mass is 16.2. The third kappa shape index (κ3) is 1.16. The van der Waals surface area contributed by atoms with Crippen molar-refractivity contribution in [2.75, 3.05) is 0 Å². The minimum atomic E-state index is -0.685. The lowest BCUT2D eigenvalue weighted by Crippen LogP contribution is -2.64. The Kier molecular flexibility index (Phi) is 2.19. The zero-order valence-electron chi connectivity index (χ0n) is 14.6. The molecule has 6 aliphatic rings. The van der Waals surface area contributed by atoms with Crippen molar-refractivity contribution in [3.05, 3.63) is 0 Å². The zero-order chi connectivity index (χ0) is 16.6. The molecule has 23 heavy (non-hydrogen) atoms. The Morgan fingerprint density at radius 1 is 0.957 bits per heavy atom. The van der Waals surface area contributed by atoms with Gasteiger partial charge in [-0.05, 0) is 48.9 Å². The van der Waals surface area contributed by atoms with Crippen LogP contribution < -0.4 is 0 Å². The normalized spacial score (nSPS) is 58.7. The first-order valence-electron chi connectivity index (χ1n) is 9.25. The molecular formula is C20H26O3. The number of rotatable bonds is 0. The van der Waals surface area contributed by atoms with Gasteiger partial charge in [0.25, 0.3) is 0 Å². The van der Waals surface area contributed by atoms with Gasteiger partial charge in [0.05, 0.1) is 5.41 Å². The minimum absolute atomic E-state index is 0.0319. The first-order valence-corrected chi connectivity index (χ1v) is 9.25. The number of hydrogen-bond acceptors (Lipinski definition) is 3. The van der Waals surface area contributed by atoms with Gasteiger partial charge in [0, 0.05) is 23.2 Å². The Morgan fingerprint density at radius 3 is 2.26 bits per heavy atom. The molecule has 0 aromatic heterocycles. The van der Waals surface area contributed by atoms with Gasteiger partial charge in [-0.2, -0.15) is 0 Å². The van der Waals surface area contributed by atoms with Crippen molar-refractivity contribution in [2.45, 2.75) is 59.8 Å². The topological polar surface area (TPSA) is 51.2 Å². The van der Waals surface area contributed by atoms with Crippen LogP contribution >= 0.6 is 0 Å². The van der Waals surface area contributed by atoms with Crippen LogP contribution in [0.3, 0.4) is 0 Å². The molecule has 6 aliphatic carbocycles. The number of carbonyl (C=O) groups is 3. The monoisotopic (exact) mass is 314 g/mol. The van der Waals surface area contributed by atoms with Gasteiger partial charge in [-0.1, -0.05) is 27.7 Å². The summed E-state index contributed by atoms with van der Waals surface area (Å²) in [6.45, 7) is 8.51. The molecule has 0 amide bonds. The molecule has 6 fully saturated rings. The van der Waals surface area contributed by atoms with E-state index in [1.54, 1.807) is 0 Å². The van der Waals surface area contributed by atoms with Gasteiger partial charge in [0.15, 0.2) is 11.6 Å². The van der Waals surface area contributed by atoms with Crippen molar-refractivity contribution in [1.29, 1.82) is 0 Å². The molecule has 0 heterocycles. The highest BCUT2D eigenvalue weighted by Gasteiger charge is 2.87. The number of carbonyl (C=O) groups excluding carboxylic acids is 3. The largest absolute Gasteiger partial charge is 0.299 e. The van der Waals surface area contributed by atoms with Crippen LogP contribution in [-0.2, 0) is 14.4 Å². The van der Waals surface area contributed by atoms with Crippen molar-refractivity contribution in [3.8, 4) is 0 Å². The van der Waals surface area contributed by atoms with Crippen LogP contribution in [0.1, 0.15) is 59.8 Å². The molecule has 1 spiro atoms. The lowest BCUT2D eigenvalue weighted by Gasteiger charge is -2.63. The first kappa shape index (κ1) is 14.4. The summed E-state index contributed by atoms with van der Waals surface area (Å²) < 4.78 is 0. The van der Waals surface area contributed by atoms with Crippen LogP contribution in [0.2, 0.25) is 0 Å². The summed E-state index contributed by atoms with van der Waals surface area (Å²) in [6, 6.07) is 0. The van der Waals surface area contributed by atoms with Crippen molar-refractivity contribution >= 4 is 17.3 Å². The van der Waals surface area contributed by atoms with E-state index in [1.807, 2.05) is 6.92 Å². The van der Waals surface area contributed by atoms with E-state index >= 15 is 0 Å². The van der Waals surface area contributed by atoms with Gasteiger partial charge in [-0.15, -0.1) is 0 Å². The molecule has 124 valence electrons. The summed E-state index contributed by atoms with van der Waals surface area (Å²) in [5.74, 6) is 1.74. The lowest BCUT2D eigenvalue weighted by atomic mass is 9.39. The lowest BCUT2D eigenvalue weighted by molar-refractivity contribution is -0.181. The number of fused-ring (bicyclic) bond motifs is 1. The zero-order valence-corrected chi connectivity index (χ0v) is 14.6. The maximum Gasteiger partial charge on any atom is 0.153 e. The fourth-order valence-electron chi connectivity index (χ4n) is 8.02. The average Bonchev–Trinajstić information content (AvgIpc) is 3.07. The van der Waals surface area contributed by atoms with Crippen LogP contribution in [0.4, 0.5) is 0 Å². The molecule has 3 heteroatoms. The second kappa shape index (κ2) is 3.50. The molecule has 0 radical (unpaired) electrons. The van der Waals surface area contributed by atoms with Gasteiger partial charge in [0.1, 0.15) is 5.78 Å². The van der Waals surface area contributed by atoms with E-state index in [9.17, 15) is 14.4 Å². The third-order valence-electron chi connectivity index (χ3n) is 9.31. The summed E-state index contributed by atoms with van der Waals surface area (Å²) in [7, 11) is 0. The van der Waals surface area contributed by atoms with E-state index in [4.69, 9.17) is 0 Å². The van der Waals surface area contributed by atoms with Crippen LogP contribution in [0.25, 0.3) is 0 Å². The van der Waals surface area contributed by atoms with Gasteiger partial charge in [-0.3, -0.25) is 14.4 Å². The molecule has 0 aromatic carbocycles. The Bertz CT molecular complexity index is 691. The molecule has 0 saturated heterocycles. The highest BCUT2D eigenvalue weighted by Crippen LogP contribution is 2.82. The minimum Gasteiger partial charge on any atom is -0.299 e. The quantitative estimate of drug-likeness (QED) is 0.645. The first-order chi connectivity index (χ1) is 10.6. The van der Waals surface area contributed by atoms with E-state index in [0.29, 0.717) is 30.5 Å². The van der Waals surface area contributed by atoms with Crippen LogP contribution in [0.15, 0.2) is 0 Å². The number of ketones is 3. The molecule has 1 unspecified atom stereocenters. The maximum absolute atomic E-state index is 13.3.